The van der Waals surface area contributed by atoms with Crippen molar-refractivity contribution in [2.45, 2.75) is 51.9 Å². The van der Waals surface area contributed by atoms with E-state index < -0.39 is 12.1 Å². The highest BCUT2D eigenvalue weighted by Gasteiger charge is 2.38. The van der Waals surface area contributed by atoms with Crippen molar-refractivity contribution in [1.29, 1.82) is 0 Å². The van der Waals surface area contributed by atoms with Gasteiger partial charge in [0.05, 0.1) is 17.4 Å². The van der Waals surface area contributed by atoms with E-state index in [-0.39, 0.29) is 0 Å². The number of hydrogen-bond acceptors (Lipinski definition) is 6. The molecular formula is C22H26F3N5O3. The molecule has 3 aromatic rings. The average Bonchev–Trinajstić information content (AvgIpc) is 3.37. The molecule has 0 spiro atoms. The van der Waals surface area contributed by atoms with Crippen LogP contribution in [0.4, 0.5) is 13.2 Å². The predicted molar refractivity (Wildman–Crippen MR) is 112 cm³/mol. The highest BCUT2D eigenvalue weighted by atomic mass is 19.4. The fourth-order valence-corrected chi connectivity index (χ4v) is 3.67. The number of halogens is 3. The monoisotopic (exact) mass is 465 g/mol. The number of carbonyl (C=O) groups is 1. The molecule has 8 nitrogen and oxygen atoms in total. The van der Waals surface area contributed by atoms with Gasteiger partial charge in [0.2, 0.25) is 0 Å². The quantitative estimate of drug-likeness (QED) is 0.610. The molecule has 0 saturated carbocycles. The zero-order valence-corrected chi connectivity index (χ0v) is 18.4. The third-order valence-electron chi connectivity index (χ3n) is 5.52. The molecule has 2 aromatic heterocycles. The Hall–Kier alpha value is -3.21. The molecular weight excluding hydrogens is 439 g/mol. The van der Waals surface area contributed by atoms with Crippen LogP contribution in [0, 0.1) is 13.8 Å². The van der Waals surface area contributed by atoms with Gasteiger partial charge in [-0.2, -0.15) is 13.2 Å². The standard InChI is InChI=1S/C20H25N5O.C2HF3O2/c1-15-20(16(2)26-22-15)14-24-10-8-19(9-11-24)25-13-18(21-23-25)12-17-6-4-3-5-7-17;3-2(4,5)1(6)7/h3-7,13,19H,8-12,14H2,1-2H3;(H,6,7). The molecule has 1 aromatic carbocycles. The van der Waals surface area contributed by atoms with Crippen molar-refractivity contribution >= 4 is 5.97 Å². The lowest BCUT2D eigenvalue weighted by Gasteiger charge is -2.31. The van der Waals surface area contributed by atoms with Gasteiger partial charge in [0, 0.05) is 37.8 Å². The van der Waals surface area contributed by atoms with E-state index in [2.05, 4.69) is 55.5 Å². The number of benzene rings is 1. The lowest BCUT2D eigenvalue weighted by molar-refractivity contribution is -0.192. The molecule has 4 rings (SSSR count). The molecule has 1 N–H and O–H groups in total. The van der Waals surface area contributed by atoms with Crippen molar-refractivity contribution in [2.75, 3.05) is 13.1 Å². The van der Waals surface area contributed by atoms with E-state index in [1.807, 2.05) is 19.9 Å². The van der Waals surface area contributed by atoms with Crippen LogP contribution in [0.5, 0.6) is 0 Å². The van der Waals surface area contributed by atoms with Gasteiger partial charge in [-0.05, 0) is 32.3 Å². The number of carboxylic acids is 1. The molecule has 0 unspecified atom stereocenters. The third kappa shape index (κ3) is 6.88. The molecule has 0 aliphatic carbocycles. The molecule has 3 heterocycles. The molecule has 11 heteroatoms. The normalized spacial score (nSPS) is 15.2. The van der Waals surface area contributed by atoms with Crippen LogP contribution in [-0.4, -0.2) is 55.4 Å². The van der Waals surface area contributed by atoms with Crippen molar-refractivity contribution < 1.29 is 27.6 Å². The van der Waals surface area contributed by atoms with Crippen molar-refractivity contribution in [1.82, 2.24) is 25.1 Å². The first kappa shape index (κ1) is 24.4. The van der Waals surface area contributed by atoms with Gasteiger partial charge >= 0.3 is 12.1 Å². The van der Waals surface area contributed by atoms with E-state index in [1.54, 1.807) is 0 Å². The van der Waals surface area contributed by atoms with Crippen LogP contribution in [0.25, 0.3) is 0 Å². The summed E-state index contributed by atoms with van der Waals surface area (Å²) in [7, 11) is 0. The summed E-state index contributed by atoms with van der Waals surface area (Å²) in [5.41, 5.74) is 4.55. The number of carboxylic acid groups (broad SMARTS) is 1. The van der Waals surface area contributed by atoms with Crippen molar-refractivity contribution in [3.05, 3.63) is 64.8 Å². The SMILES string of the molecule is Cc1noc(C)c1CN1CCC(n2cc(Cc3ccccc3)nn2)CC1.O=C(O)C(F)(F)F. The molecule has 0 bridgehead atoms. The average molecular weight is 465 g/mol. The summed E-state index contributed by atoms with van der Waals surface area (Å²) in [6.45, 7) is 7.05. The number of nitrogens with zero attached hydrogens (tertiary/aromatic N) is 5. The molecule has 0 atom stereocenters. The first-order valence-corrected chi connectivity index (χ1v) is 10.5. The van der Waals surface area contributed by atoms with E-state index in [0.717, 1.165) is 56.0 Å². The topological polar surface area (TPSA) is 97.3 Å². The number of likely N-dealkylation sites (tertiary alicyclic amines) is 1. The number of aromatic nitrogens is 4. The number of alkyl halides is 3. The molecule has 1 aliphatic heterocycles. The van der Waals surface area contributed by atoms with E-state index in [4.69, 9.17) is 14.4 Å². The minimum absolute atomic E-state index is 0.438. The van der Waals surface area contributed by atoms with E-state index in [1.165, 1.54) is 11.1 Å². The Labute approximate surface area is 189 Å². The lowest BCUT2D eigenvalue weighted by Crippen LogP contribution is -2.34. The summed E-state index contributed by atoms with van der Waals surface area (Å²) >= 11 is 0. The Bertz CT molecular complexity index is 1020. The van der Waals surface area contributed by atoms with Crippen LogP contribution in [-0.2, 0) is 17.8 Å². The van der Waals surface area contributed by atoms with Crippen LogP contribution in [0.15, 0.2) is 41.1 Å². The summed E-state index contributed by atoms with van der Waals surface area (Å²) in [6, 6.07) is 10.9. The van der Waals surface area contributed by atoms with Crippen LogP contribution in [0.3, 0.4) is 0 Å². The van der Waals surface area contributed by atoms with E-state index in [9.17, 15) is 13.2 Å². The summed E-state index contributed by atoms with van der Waals surface area (Å²) in [4.78, 5) is 11.4. The van der Waals surface area contributed by atoms with E-state index >= 15 is 0 Å². The number of piperidine rings is 1. The summed E-state index contributed by atoms with van der Waals surface area (Å²) in [6.07, 6.45) is 0.0579. The Morgan fingerprint density at radius 2 is 1.82 bits per heavy atom. The highest BCUT2D eigenvalue weighted by molar-refractivity contribution is 5.73. The van der Waals surface area contributed by atoms with Gasteiger partial charge in [-0.3, -0.25) is 4.90 Å². The molecule has 1 saturated heterocycles. The van der Waals surface area contributed by atoms with Crippen molar-refractivity contribution in [2.24, 2.45) is 0 Å². The second kappa shape index (κ2) is 10.6. The van der Waals surface area contributed by atoms with Gasteiger partial charge in [0.15, 0.2) is 0 Å². The minimum atomic E-state index is -5.08. The Morgan fingerprint density at radius 1 is 1.18 bits per heavy atom. The number of rotatable bonds is 5. The Kier molecular flexibility index (Phi) is 7.85. The molecule has 0 radical (unpaired) electrons. The largest absolute Gasteiger partial charge is 0.490 e. The third-order valence-corrected chi connectivity index (χ3v) is 5.52. The maximum atomic E-state index is 10.6. The second-order valence-corrected chi connectivity index (χ2v) is 7.97. The van der Waals surface area contributed by atoms with Gasteiger partial charge in [-0.15, -0.1) is 5.10 Å². The van der Waals surface area contributed by atoms with Gasteiger partial charge in [0.1, 0.15) is 5.76 Å². The zero-order valence-electron chi connectivity index (χ0n) is 18.4. The van der Waals surface area contributed by atoms with Gasteiger partial charge < -0.3 is 9.63 Å². The lowest BCUT2D eigenvalue weighted by atomic mass is 10.0. The van der Waals surface area contributed by atoms with E-state index in [0.29, 0.717) is 6.04 Å². The molecule has 33 heavy (non-hydrogen) atoms. The van der Waals surface area contributed by atoms with Crippen molar-refractivity contribution in [3.63, 3.8) is 0 Å². The van der Waals surface area contributed by atoms with Crippen LogP contribution >= 0.6 is 0 Å². The minimum Gasteiger partial charge on any atom is -0.475 e. The van der Waals surface area contributed by atoms with Crippen molar-refractivity contribution in [3.8, 4) is 0 Å². The maximum absolute atomic E-state index is 10.6. The smallest absolute Gasteiger partial charge is 0.475 e. The summed E-state index contributed by atoms with van der Waals surface area (Å²) < 4.78 is 39.1. The van der Waals surface area contributed by atoms with Crippen LogP contribution < -0.4 is 0 Å². The summed E-state index contributed by atoms with van der Waals surface area (Å²) in [5, 5.41) is 19.9. The van der Waals surface area contributed by atoms with Crippen LogP contribution in [0.2, 0.25) is 0 Å². The molecule has 1 fully saturated rings. The number of aryl methyl sites for hydroxylation is 2. The van der Waals surface area contributed by atoms with Gasteiger partial charge in [-0.1, -0.05) is 40.7 Å². The maximum Gasteiger partial charge on any atom is 0.490 e. The first-order valence-electron chi connectivity index (χ1n) is 10.5. The summed E-state index contributed by atoms with van der Waals surface area (Å²) in [5.74, 6) is -1.82. The Balaban J connectivity index is 0.000000383. The fourth-order valence-electron chi connectivity index (χ4n) is 3.67. The fraction of sp³-hybridized carbons (Fsp3) is 0.455. The molecule has 178 valence electrons. The van der Waals surface area contributed by atoms with Gasteiger partial charge in [0.25, 0.3) is 0 Å². The van der Waals surface area contributed by atoms with Gasteiger partial charge in [-0.25, -0.2) is 9.48 Å². The second-order valence-electron chi connectivity index (χ2n) is 7.97. The highest BCUT2D eigenvalue weighted by Crippen LogP contribution is 2.24. The number of aliphatic carboxylic acids is 1. The molecule has 0 amide bonds. The Morgan fingerprint density at radius 3 is 2.36 bits per heavy atom. The van der Waals surface area contributed by atoms with Crippen LogP contribution in [0.1, 0.15) is 47.2 Å². The predicted octanol–water partition coefficient (Wildman–Crippen LogP) is 3.94. The first-order chi connectivity index (χ1) is 15.6. The molecule has 1 aliphatic rings. The number of hydrogen-bond donors (Lipinski definition) is 1. The zero-order chi connectivity index (χ0) is 24.0.